The SMILES string of the molecule is CN=C(NCCc1ccccc1F)NCC1CCCN1CCOC. The van der Waals surface area contributed by atoms with Gasteiger partial charge < -0.3 is 15.4 Å². The normalized spacial score (nSPS) is 18.8. The molecule has 134 valence electrons. The van der Waals surface area contributed by atoms with Crippen molar-refractivity contribution in [1.82, 2.24) is 15.5 Å². The van der Waals surface area contributed by atoms with Gasteiger partial charge in [-0.05, 0) is 37.4 Å². The fraction of sp³-hybridized carbons (Fsp3) is 0.611. The van der Waals surface area contributed by atoms with E-state index in [1.807, 2.05) is 12.1 Å². The van der Waals surface area contributed by atoms with Gasteiger partial charge in [-0.2, -0.15) is 0 Å². The second kappa shape index (κ2) is 10.3. The summed E-state index contributed by atoms with van der Waals surface area (Å²) in [6, 6.07) is 7.41. The van der Waals surface area contributed by atoms with Gasteiger partial charge in [-0.3, -0.25) is 9.89 Å². The predicted molar refractivity (Wildman–Crippen MR) is 95.9 cm³/mol. The van der Waals surface area contributed by atoms with Crippen LogP contribution in [0.15, 0.2) is 29.3 Å². The number of hydrogen-bond donors (Lipinski definition) is 2. The van der Waals surface area contributed by atoms with Gasteiger partial charge in [0.2, 0.25) is 0 Å². The van der Waals surface area contributed by atoms with Crippen LogP contribution in [-0.2, 0) is 11.2 Å². The molecule has 2 rings (SSSR count). The van der Waals surface area contributed by atoms with Crippen LogP contribution < -0.4 is 10.6 Å². The Morgan fingerprint density at radius 1 is 1.38 bits per heavy atom. The van der Waals surface area contributed by atoms with Crippen molar-refractivity contribution in [3.05, 3.63) is 35.6 Å². The Kier molecular flexibility index (Phi) is 7.98. The topological polar surface area (TPSA) is 48.9 Å². The highest BCUT2D eigenvalue weighted by Crippen LogP contribution is 2.15. The molecule has 1 fully saturated rings. The average Bonchev–Trinajstić information content (AvgIpc) is 3.05. The fourth-order valence-corrected chi connectivity index (χ4v) is 3.08. The Morgan fingerprint density at radius 2 is 2.21 bits per heavy atom. The maximum absolute atomic E-state index is 13.6. The third-order valence-electron chi connectivity index (χ3n) is 4.46. The van der Waals surface area contributed by atoms with Gasteiger partial charge in [0, 0.05) is 39.8 Å². The first-order valence-electron chi connectivity index (χ1n) is 8.65. The zero-order valence-corrected chi connectivity index (χ0v) is 14.7. The van der Waals surface area contributed by atoms with E-state index in [0.29, 0.717) is 19.0 Å². The molecule has 0 aromatic heterocycles. The molecule has 2 N–H and O–H groups in total. The number of aliphatic imine (C=N–C) groups is 1. The number of nitrogens with one attached hydrogen (secondary N) is 2. The maximum atomic E-state index is 13.6. The maximum Gasteiger partial charge on any atom is 0.191 e. The number of hydrogen-bond acceptors (Lipinski definition) is 3. The molecule has 1 aromatic rings. The van der Waals surface area contributed by atoms with Gasteiger partial charge in [-0.25, -0.2) is 4.39 Å². The number of guanidine groups is 1. The van der Waals surface area contributed by atoms with Gasteiger partial charge in [-0.15, -0.1) is 0 Å². The van der Waals surface area contributed by atoms with Crippen molar-refractivity contribution in [2.75, 3.05) is 46.9 Å². The Morgan fingerprint density at radius 3 is 2.96 bits per heavy atom. The zero-order valence-electron chi connectivity index (χ0n) is 14.7. The van der Waals surface area contributed by atoms with E-state index in [2.05, 4.69) is 20.5 Å². The van der Waals surface area contributed by atoms with Crippen molar-refractivity contribution in [2.24, 2.45) is 4.99 Å². The van der Waals surface area contributed by atoms with Crippen molar-refractivity contribution in [1.29, 1.82) is 0 Å². The predicted octanol–water partition coefficient (Wildman–Crippen LogP) is 1.64. The molecule has 5 nitrogen and oxygen atoms in total. The molecule has 0 saturated carbocycles. The molecule has 0 radical (unpaired) electrons. The Hall–Kier alpha value is -1.66. The average molecular weight is 336 g/mol. The Balaban J connectivity index is 1.71. The van der Waals surface area contributed by atoms with Gasteiger partial charge in [0.25, 0.3) is 0 Å². The van der Waals surface area contributed by atoms with Crippen molar-refractivity contribution >= 4 is 5.96 Å². The van der Waals surface area contributed by atoms with E-state index in [9.17, 15) is 4.39 Å². The summed E-state index contributed by atoms with van der Waals surface area (Å²) in [5.74, 6) is 0.618. The second-order valence-corrected chi connectivity index (χ2v) is 6.05. The summed E-state index contributed by atoms with van der Waals surface area (Å²) in [6.45, 7) is 4.39. The molecule has 24 heavy (non-hydrogen) atoms. The highest BCUT2D eigenvalue weighted by molar-refractivity contribution is 5.79. The summed E-state index contributed by atoms with van der Waals surface area (Å²) in [7, 11) is 3.50. The molecule has 0 aliphatic carbocycles. The standard InChI is InChI=1S/C18H29FN4O/c1-20-18(21-10-9-15-6-3-4-8-17(15)19)22-14-16-7-5-11-23(16)12-13-24-2/h3-4,6,8,16H,5,7,9-14H2,1-2H3,(H2,20,21,22). The largest absolute Gasteiger partial charge is 0.383 e. The van der Waals surface area contributed by atoms with E-state index in [0.717, 1.165) is 37.8 Å². The molecule has 1 aliphatic rings. The monoisotopic (exact) mass is 336 g/mol. The number of rotatable bonds is 8. The number of methoxy groups -OCH3 is 1. The molecule has 0 bridgehead atoms. The van der Waals surface area contributed by atoms with Crippen LogP contribution in [-0.4, -0.2) is 63.8 Å². The second-order valence-electron chi connectivity index (χ2n) is 6.05. The van der Waals surface area contributed by atoms with E-state index >= 15 is 0 Å². The van der Waals surface area contributed by atoms with Gasteiger partial charge >= 0.3 is 0 Å². The van der Waals surface area contributed by atoms with Crippen LogP contribution in [0, 0.1) is 5.82 Å². The zero-order chi connectivity index (χ0) is 17.2. The van der Waals surface area contributed by atoms with Crippen LogP contribution in [0.4, 0.5) is 4.39 Å². The number of nitrogens with zero attached hydrogens (tertiary/aromatic N) is 2. The first-order valence-corrected chi connectivity index (χ1v) is 8.65. The summed E-state index contributed by atoms with van der Waals surface area (Å²) in [5.41, 5.74) is 0.724. The molecular weight excluding hydrogens is 307 g/mol. The molecule has 1 aromatic carbocycles. The van der Waals surface area contributed by atoms with Crippen molar-refractivity contribution in [3.63, 3.8) is 0 Å². The highest BCUT2D eigenvalue weighted by atomic mass is 19.1. The number of halogens is 1. The van der Waals surface area contributed by atoms with Crippen LogP contribution in [0.1, 0.15) is 18.4 Å². The van der Waals surface area contributed by atoms with Crippen molar-refractivity contribution in [2.45, 2.75) is 25.3 Å². The quantitative estimate of drug-likeness (QED) is 0.560. The minimum Gasteiger partial charge on any atom is -0.383 e. The first kappa shape index (κ1) is 18.7. The lowest BCUT2D eigenvalue weighted by Crippen LogP contribution is -2.45. The van der Waals surface area contributed by atoms with E-state index in [4.69, 9.17) is 4.74 Å². The third-order valence-corrected chi connectivity index (χ3v) is 4.46. The van der Waals surface area contributed by atoms with E-state index in [1.165, 1.54) is 18.9 Å². The highest BCUT2D eigenvalue weighted by Gasteiger charge is 2.23. The fourth-order valence-electron chi connectivity index (χ4n) is 3.08. The van der Waals surface area contributed by atoms with Crippen LogP contribution in [0.2, 0.25) is 0 Å². The summed E-state index contributed by atoms with van der Waals surface area (Å²) in [5, 5.41) is 6.64. The molecule has 1 aliphatic heterocycles. The lowest BCUT2D eigenvalue weighted by Gasteiger charge is -2.25. The smallest absolute Gasteiger partial charge is 0.191 e. The van der Waals surface area contributed by atoms with Gasteiger partial charge in [0.15, 0.2) is 5.96 Å². The minimum absolute atomic E-state index is 0.151. The molecule has 6 heteroatoms. The lowest BCUT2D eigenvalue weighted by atomic mass is 10.1. The van der Waals surface area contributed by atoms with Crippen LogP contribution >= 0.6 is 0 Å². The molecule has 1 unspecified atom stereocenters. The summed E-state index contributed by atoms with van der Waals surface area (Å²) >= 11 is 0. The van der Waals surface area contributed by atoms with Crippen LogP contribution in [0.25, 0.3) is 0 Å². The van der Waals surface area contributed by atoms with Crippen LogP contribution in [0.5, 0.6) is 0 Å². The Bertz CT molecular complexity index is 523. The summed E-state index contributed by atoms with van der Waals surface area (Å²) < 4.78 is 18.8. The molecule has 0 spiro atoms. The van der Waals surface area contributed by atoms with Gasteiger partial charge in [0.05, 0.1) is 6.61 Å². The molecule has 1 saturated heterocycles. The molecule has 0 amide bonds. The van der Waals surface area contributed by atoms with E-state index in [1.54, 1.807) is 20.2 Å². The third kappa shape index (κ3) is 5.76. The molecule has 1 atom stereocenters. The van der Waals surface area contributed by atoms with Crippen molar-refractivity contribution < 1.29 is 9.13 Å². The van der Waals surface area contributed by atoms with Gasteiger partial charge in [-0.1, -0.05) is 18.2 Å². The molecular formula is C18H29FN4O. The summed E-state index contributed by atoms with van der Waals surface area (Å²) in [6.07, 6.45) is 3.06. The Labute approximate surface area is 144 Å². The molecule has 1 heterocycles. The van der Waals surface area contributed by atoms with Crippen LogP contribution in [0.3, 0.4) is 0 Å². The first-order chi connectivity index (χ1) is 11.7. The minimum atomic E-state index is -0.151. The van der Waals surface area contributed by atoms with E-state index < -0.39 is 0 Å². The van der Waals surface area contributed by atoms with Gasteiger partial charge in [0.1, 0.15) is 5.82 Å². The number of likely N-dealkylation sites (tertiary alicyclic amines) is 1. The number of benzene rings is 1. The van der Waals surface area contributed by atoms with E-state index in [-0.39, 0.29) is 5.82 Å². The summed E-state index contributed by atoms with van der Waals surface area (Å²) in [4.78, 5) is 6.71. The van der Waals surface area contributed by atoms with Crippen molar-refractivity contribution in [3.8, 4) is 0 Å². The lowest BCUT2D eigenvalue weighted by molar-refractivity contribution is 0.141. The number of ether oxygens (including phenoxy) is 1.